The van der Waals surface area contributed by atoms with Gasteiger partial charge in [-0.05, 0) is 18.6 Å². The zero-order valence-corrected chi connectivity index (χ0v) is 11.1. The van der Waals surface area contributed by atoms with E-state index in [0.29, 0.717) is 0 Å². The first-order valence-electron chi connectivity index (χ1n) is 6.45. The third-order valence-electron chi connectivity index (χ3n) is 3.28. The van der Waals surface area contributed by atoms with E-state index in [1.165, 1.54) is 5.56 Å². The molecule has 0 radical (unpaired) electrons. The number of fused-ring (bicyclic) bond motifs is 1. The number of aryl methyl sites for hydroxylation is 2. The second-order valence-corrected chi connectivity index (χ2v) is 4.62. The minimum atomic E-state index is 0.779. The average Bonchev–Trinajstić information content (AvgIpc) is 3.02. The fourth-order valence-electron chi connectivity index (χ4n) is 2.34. The SMILES string of the molecule is CCc1nn(C)cc1CNc1cccc2[nH]ncc12. The maximum absolute atomic E-state index is 4.45. The van der Waals surface area contributed by atoms with Gasteiger partial charge >= 0.3 is 0 Å². The van der Waals surface area contributed by atoms with Crippen LogP contribution in [-0.2, 0) is 20.0 Å². The number of hydrogen-bond acceptors (Lipinski definition) is 3. The molecule has 5 heteroatoms. The summed E-state index contributed by atoms with van der Waals surface area (Å²) >= 11 is 0. The lowest BCUT2D eigenvalue weighted by Gasteiger charge is -2.07. The lowest BCUT2D eigenvalue weighted by atomic mass is 10.2. The van der Waals surface area contributed by atoms with Crippen molar-refractivity contribution in [3.8, 4) is 0 Å². The van der Waals surface area contributed by atoms with Gasteiger partial charge in [0.1, 0.15) is 0 Å². The van der Waals surface area contributed by atoms with Gasteiger partial charge in [-0.3, -0.25) is 9.78 Å². The van der Waals surface area contributed by atoms with Crippen LogP contribution in [-0.4, -0.2) is 20.0 Å². The molecule has 1 aromatic carbocycles. The van der Waals surface area contributed by atoms with Crippen molar-refractivity contribution >= 4 is 16.6 Å². The molecule has 98 valence electrons. The highest BCUT2D eigenvalue weighted by Gasteiger charge is 2.07. The van der Waals surface area contributed by atoms with E-state index in [-0.39, 0.29) is 0 Å². The van der Waals surface area contributed by atoms with Crippen molar-refractivity contribution in [2.45, 2.75) is 19.9 Å². The zero-order valence-electron chi connectivity index (χ0n) is 11.1. The molecule has 2 heterocycles. The van der Waals surface area contributed by atoms with Gasteiger partial charge in [0.25, 0.3) is 0 Å². The van der Waals surface area contributed by atoms with Crippen LogP contribution in [0.2, 0.25) is 0 Å². The highest BCUT2D eigenvalue weighted by atomic mass is 15.3. The Hall–Kier alpha value is -2.30. The van der Waals surface area contributed by atoms with Gasteiger partial charge in [0, 0.05) is 36.4 Å². The first-order valence-corrected chi connectivity index (χ1v) is 6.45. The van der Waals surface area contributed by atoms with E-state index in [9.17, 15) is 0 Å². The zero-order chi connectivity index (χ0) is 13.2. The molecule has 0 saturated heterocycles. The van der Waals surface area contributed by atoms with Crippen LogP contribution in [0.3, 0.4) is 0 Å². The largest absolute Gasteiger partial charge is 0.380 e. The Kier molecular flexibility index (Phi) is 2.95. The van der Waals surface area contributed by atoms with Crippen LogP contribution in [0.5, 0.6) is 0 Å². The van der Waals surface area contributed by atoms with Gasteiger partial charge in [0.15, 0.2) is 0 Å². The van der Waals surface area contributed by atoms with E-state index >= 15 is 0 Å². The van der Waals surface area contributed by atoms with Gasteiger partial charge in [-0.25, -0.2) is 0 Å². The molecule has 0 aliphatic carbocycles. The molecule has 0 spiro atoms. The monoisotopic (exact) mass is 255 g/mol. The van der Waals surface area contributed by atoms with Gasteiger partial charge in [-0.15, -0.1) is 0 Å². The Balaban J connectivity index is 1.84. The fraction of sp³-hybridized carbons (Fsp3) is 0.286. The first-order chi connectivity index (χ1) is 9.28. The highest BCUT2D eigenvalue weighted by molar-refractivity contribution is 5.90. The molecular weight excluding hydrogens is 238 g/mol. The first kappa shape index (κ1) is 11.8. The average molecular weight is 255 g/mol. The van der Waals surface area contributed by atoms with E-state index < -0.39 is 0 Å². The summed E-state index contributed by atoms with van der Waals surface area (Å²) in [6.07, 6.45) is 4.87. The third-order valence-corrected chi connectivity index (χ3v) is 3.28. The molecule has 2 aromatic heterocycles. The molecule has 0 atom stereocenters. The van der Waals surface area contributed by atoms with Crippen LogP contribution in [0.4, 0.5) is 5.69 Å². The number of H-pyrrole nitrogens is 1. The van der Waals surface area contributed by atoms with Crippen LogP contribution in [0.1, 0.15) is 18.2 Å². The molecule has 19 heavy (non-hydrogen) atoms. The number of hydrogen-bond donors (Lipinski definition) is 2. The van der Waals surface area contributed by atoms with Crippen molar-refractivity contribution < 1.29 is 0 Å². The summed E-state index contributed by atoms with van der Waals surface area (Å²) < 4.78 is 1.87. The van der Waals surface area contributed by atoms with Crippen LogP contribution in [0.15, 0.2) is 30.6 Å². The Morgan fingerprint density at radius 2 is 2.26 bits per heavy atom. The minimum absolute atomic E-state index is 0.779. The third kappa shape index (κ3) is 2.19. The summed E-state index contributed by atoms with van der Waals surface area (Å²) in [7, 11) is 1.96. The molecule has 0 saturated carbocycles. The lowest BCUT2D eigenvalue weighted by molar-refractivity contribution is 0.746. The normalized spacial score (nSPS) is 11.1. The fourth-order valence-corrected chi connectivity index (χ4v) is 2.34. The van der Waals surface area contributed by atoms with Gasteiger partial charge in [-0.1, -0.05) is 13.0 Å². The number of aromatic nitrogens is 4. The quantitative estimate of drug-likeness (QED) is 0.753. The number of nitrogens with one attached hydrogen (secondary N) is 2. The summed E-state index contributed by atoms with van der Waals surface area (Å²) in [5.41, 5.74) is 4.53. The smallest absolute Gasteiger partial charge is 0.0671 e. The predicted octanol–water partition coefficient (Wildman–Crippen LogP) is 2.47. The summed E-state index contributed by atoms with van der Waals surface area (Å²) in [5.74, 6) is 0. The molecule has 0 bridgehead atoms. The molecule has 2 N–H and O–H groups in total. The van der Waals surface area contributed by atoms with Crippen LogP contribution >= 0.6 is 0 Å². The topological polar surface area (TPSA) is 58.5 Å². The Morgan fingerprint density at radius 3 is 3.11 bits per heavy atom. The second kappa shape index (κ2) is 4.76. The maximum Gasteiger partial charge on any atom is 0.0671 e. The second-order valence-electron chi connectivity index (χ2n) is 4.62. The van der Waals surface area contributed by atoms with Crippen molar-refractivity contribution in [3.05, 3.63) is 41.9 Å². The summed E-state index contributed by atoms with van der Waals surface area (Å²) in [6, 6.07) is 6.11. The number of nitrogens with zero attached hydrogens (tertiary/aromatic N) is 3. The molecule has 3 rings (SSSR count). The minimum Gasteiger partial charge on any atom is -0.380 e. The van der Waals surface area contributed by atoms with Gasteiger partial charge in [-0.2, -0.15) is 10.2 Å². The van der Waals surface area contributed by atoms with Crippen molar-refractivity contribution in [2.75, 3.05) is 5.32 Å². The van der Waals surface area contributed by atoms with Crippen molar-refractivity contribution in [2.24, 2.45) is 7.05 Å². The molecule has 3 aromatic rings. The van der Waals surface area contributed by atoms with Gasteiger partial charge in [0.2, 0.25) is 0 Å². The molecule has 0 unspecified atom stereocenters. The van der Waals surface area contributed by atoms with Crippen molar-refractivity contribution in [1.29, 1.82) is 0 Å². The summed E-state index contributed by atoms with van der Waals surface area (Å²) in [6.45, 7) is 2.91. The van der Waals surface area contributed by atoms with Gasteiger partial charge < -0.3 is 5.32 Å². The van der Waals surface area contributed by atoms with Gasteiger partial charge in [0.05, 0.1) is 17.4 Å². The number of benzene rings is 1. The summed E-state index contributed by atoms with van der Waals surface area (Å²) in [5, 5.41) is 16.1. The summed E-state index contributed by atoms with van der Waals surface area (Å²) in [4.78, 5) is 0. The van der Waals surface area contributed by atoms with Crippen LogP contribution in [0, 0.1) is 0 Å². The highest BCUT2D eigenvalue weighted by Crippen LogP contribution is 2.22. The van der Waals surface area contributed by atoms with E-state index in [1.807, 2.05) is 30.1 Å². The van der Waals surface area contributed by atoms with E-state index in [2.05, 4.69) is 39.8 Å². The van der Waals surface area contributed by atoms with Crippen LogP contribution in [0.25, 0.3) is 10.9 Å². The molecule has 5 nitrogen and oxygen atoms in total. The number of anilines is 1. The lowest BCUT2D eigenvalue weighted by Crippen LogP contribution is -2.01. The van der Waals surface area contributed by atoms with E-state index in [0.717, 1.165) is 35.2 Å². The Labute approximate surface area is 111 Å². The van der Waals surface area contributed by atoms with E-state index in [4.69, 9.17) is 0 Å². The van der Waals surface area contributed by atoms with Crippen molar-refractivity contribution in [3.63, 3.8) is 0 Å². The Bertz CT molecular complexity index is 695. The number of rotatable bonds is 4. The molecule has 0 aliphatic heterocycles. The molecule has 0 fully saturated rings. The van der Waals surface area contributed by atoms with Crippen molar-refractivity contribution in [1.82, 2.24) is 20.0 Å². The van der Waals surface area contributed by atoms with E-state index in [1.54, 1.807) is 0 Å². The standard InChI is InChI=1S/C14H17N5/c1-3-12-10(9-19(2)18-12)7-15-13-5-4-6-14-11(13)8-16-17-14/h4-6,8-9,15H,3,7H2,1-2H3,(H,16,17). The molecular formula is C14H17N5. The molecule has 0 aliphatic rings. The van der Waals surface area contributed by atoms with Crippen LogP contribution < -0.4 is 5.32 Å². The maximum atomic E-state index is 4.45. The predicted molar refractivity (Wildman–Crippen MR) is 76.0 cm³/mol. The molecule has 0 amide bonds. The Morgan fingerprint density at radius 1 is 1.37 bits per heavy atom. The number of aromatic amines is 1.